The van der Waals surface area contributed by atoms with Gasteiger partial charge in [0.1, 0.15) is 0 Å². The van der Waals surface area contributed by atoms with Crippen LogP contribution in [0, 0.1) is 6.07 Å². The van der Waals surface area contributed by atoms with Crippen LogP contribution < -0.4 is 0 Å². The van der Waals surface area contributed by atoms with Crippen LogP contribution in [-0.4, -0.2) is 4.98 Å². The fraction of sp³-hybridized carbons (Fsp3) is 0. The van der Waals surface area contributed by atoms with Gasteiger partial charge in [-0.25, -0.2) is 0 Å². The van der Waals surface area contributed by atoms with E-state index in [4.69, 9.17) is 0 Å². The number of benzene rings is 1. The van der Waals surface area contributed by atoms with Crippen molar-refractivity contribution in [2.24, 2.45) is 0 Å². The van der Waals surface area contributed by atoms with E-state index < -0.39 is 0 Å². The van der Waals surface area contributed by atoms with E-state index in [0.717, 1.165) is 10.9 Å². The van der Waals surface area contributed by atoms with Crippen LogP contribution in [0.1, 0.15) is 0 Å². The van der Waals surface area contributed by atoms with E-state index in [-0.39, 0.29) is 32.7 Å². The van der Waals surface area contributed by atoms with Gasteiger partial charge < -0.3 is 4.98 Å². The topological polar surface area (TPSA) is 15.8 Å². The average molecular weight is 205 g/mol. The molecule has 0 aliphatic heterocycles. The van der Waals surface area contributed by atoms with Crippen molar-refractivity contribution < 1.29 is 32.7 Å². The minimum Gasteiger partial charge on any atom is -0.409 e. The fourth-order valence-electron chi connectivity index (χ4n) is 0.928. The minimum atomic E-state index is 0. The molecule has 10 heavy (non-hydrogen) atoms. The third-order valence-electron chi connectivity index (χ3n) is 1.38. The Morgan fingerprint density at radius 1 is 1.30 bits per heavy atom. The second-order valence-corrected chi connectivity index (χ2v) is 1.98. The maximum Gasteiger partial charge on any atom is 0 e. The summed E-state index contributed by atoms with van der Waals surface area (Å²) in [5, 5.41) is 1.15. The Hall–Kier alpha value is -0.136. The molecule has 1 nitrogen and oxygen atoms in total. The standard InChI is InChI=1S/C8H6N.Y/c1-2-4-8-7(3-1)5-6-9-8;/h1-2,4-6,9H;/q-1;. The predicted molar refractivity (Wildman–Crippen MR) is 37.1 cm³/mol. The van der Waals surface area contributed by atoms with Crippen molar-refractivity contribution in [3.8, 4) is 0 Å². The van der Waals surface area contributed by atoms with Crippen LogP contribution in [0.4, 0.5) is 0 Å². The van der Waals surface area contributed by atoms with Crippen molar-refractivity contribution in [1.82, 2.24) is 4.98 Å². The molecule has 2 aromatic rings. The zero-order chi connectivity index (χ0) is 6.10. The first kappa shape index (κ1) is 7.97. The van der Waals surface area contributed by atoms with Gasteiger partial charge in [-0.15, -0.1) is 35.7 Å². The van der Waals surface area contributed by atoms with Gasteiger partial charge in [-0.1, -0.05) is 0 Å². The van der Waals surface area contributed by atoms with Crippen LogP contribution in [0.15, 0.2) is 30.5 Å². The molecule has 0 saturated carbocycles. The van der Waals surface area contributed by atoms with E-state index in [9.17, 15) is 0 Å². The molecule has 0 saturated heterocycles. The monoisotopic (exact) mass is 205 g/mol. The van der Waals surface area contributed by atoms with Crippen LogP contribution in [0.25, 0.3) is 10.9 Å². The smallest absolute Gasteiger partial charge is 0 e. The molecule has 2 rings (SSSR count). The third kappa shape index (κ3) is 1.30. The van der Waals surface area contributed by atoms with E-state index >= 15 is 0 Å². The molecule has 47 valence electrons. The number of hydrogen-bond acceptors (Lipinski definition) is 0. The summed E-state index contributed by atoms with van der Waals surface area (Å²) in [6.07, 6.45) is 1.92. The summed E-state index contributed by atoms with van der Waals surface area (Å²) in [5.41, 5.74) is 1.15. The van der Waals surface area contributed by atoms with Gasteiger partial charge in [0.25, 0.3) is 0 Å². The number of aromatic nitrogens is 1. The number of hydrogen-bond donors (Lipinski definition) is 1. The summed E-state index contributed by atoms with van der Waals surface area (Å²) in [7, 11) is 0. The van der Waals surface area contributed by atoms with Crippen molar-refractivity contribution in [2.45, 2.75) is 0 Å². The molecular formula is C8H6NY-. The van der Waals surface area contributed by atoms with Gasteiger partial charge in [0.2, 0.25) is 0 Å². The van der Waals surface area contributed by atoms with Gasteiger partial charge >= 0.3 is 0 Å². The molecule has 0 bridgehead atoms. The van der Waals surface area contributed by atoms with E-state index in [2.05, 4.69) is 11.1 Å². The number of rotatable bonds is 0. The molecule has 0 amide bonds. The second kappa shape index (κ2) is 3.31. The maximum absolute atomic E-state index is 3.10. The van der Waals surface area contributed by atoms with Gasteiger partial charge in [0.05, 0.1) is 0 Å². The Labute approximate surface area is 84.7 Å². The predicted octanol–water partition coefficient (Wildman–Crippen LogP) is 1.97. The first-order valence-electron chi connectivity index (χ1n) is 2.90. The van der Waals surface area contributed by atoms with Gasteiger partial charge in [-0.2, -0.15) is 0 Å². The summed E-state index contributed by atoms with van der Waals surface area (Å²) in [4.78, 5) is 3.09. The van der Waals surface area contributed by atoms with Gasteiger partial charge in [0.15, 0.2) is 0 Å². The van der Waals surface area contributed by atoms with Crippen LogP contribution in [0.5, 0.6) is 0 Å². The van der Waals surface area contributed by atoms with Crippen molar-refractivity contribution in [1.29, 1.82) is 0 Å². The Morgan fingerprint density at radius 3 is 3.00 bits per heavy atom. The molecule has 0 aliphatic rings. The Kier molecular flexibility index (Phi) is 2.64. The van der Waals surface area contributed by atoms with Crippen molar-refractivity contribution in [2.75, 3.05) is 0 Å². The van der Waals surface area contributed by atoms with Crippen LogP contribution in [-0.2, 0) is 32.7 Å². The largest absolute Gasteiger partial charge is 0.409 e. The first-order chi connectivity index (χ1) is 4.47. The summed E-state index contributed by atoms with van der Waals surface area (Å²) in [5.74, 6) is 0. The first-order valence-corrected chi connectivity index (χ1v) is 2.90. The molecule has 1 N–H and O–H groups in total. The molecule has 2 heteroatoms. The molecular weight excluding hydrogens is 199 g/mol. The number of H-pyrrole nitrogens is 1. The molecule has 1 aromatic heterocycles. The summed E-state index contributed by atoms with van der Waals surface area (Å²) in [6.45, 7) is 0. The molecule has 0 fully saturated rings. The number of nitrogens with one attached hydrogen (secondary N) is 1. The Morgan fingerprint density at radius 2 is 2.20 bits per heavy atom. The summed E-state index contributed by atoms with van der Waals surface area (Å²) >= 11 is 0. The summed E-state index contributed by atoms with van der Waals surface area (Å²) in [6, 6.07) is 11.0. The fourth-order valence-corrected chi connectivity index (χ4v) is 0.928. The van der Waals surface area contributed by atoms with E-state index in [1.165, 1.54) is 0 Å². The summed E-state index contributed by atoms with van der Waals surface area (Å²) < 4.78 is 0. The van der Waals surface area contributed by atoms with Gasteiger partial charge in [0, 0.05) is 32.7 Å². The van der Waals surface area contributed by atoms with Crippen LogP contribution >= 0.6 is 0 Å². The molecule has 1 aromatic carbocycles. The zero-order valence-electron chi connectivity index (χ0n) is 5.46. The molecule has 0 atom stereocenters. The van der Waals surface area contributed by atoms with Crippen LogP contribution in [0.2, 0.25) is 0 Å². The molecule has 1 radical (unpaired) electrons. The third-order valence-corrected chi connectivity index (χ3v) is 1.38. The van der Waals surface area contributed by atoms with E-state index in [0.29, 0.717) is 0 Å². The SMILES string of the molecule is [Y].[c-]1cccc2[nH]ccc12. The number of fused-ring (bicyclic) bond motifs is 1. The normalized spacial score (nSPS) is 9.20. The van der Waals surface area contributed by atoms with Crippen LogP contribution in [0.3, 0.4) is 0 Å². The molecule has 0 spiro atoms. The quantitative estimate of drug-likeness (QED) is 0.633. The molecule has 0 unspecified atom stereocenters. The zero-order valence-corrected chi connectivity index (χ0v) is 8.30. The molecule has 0 aliphatic carbocycles. The molecule has 1 heterocycles. The minimum absolute atomic E-state index is 0. The number of aromatic amines is 1. The second-order valence-electron chi connectivity index (χ2n) is 1.98. The van der Waals surface area contributed by atoms with Crippen molar-refractivity contribution in [3.05, 3.63) is 36.5 Å². The van der Waals surface area contributed by atoms with Gasteiger partial charge in [-0.05, 0) is 11.7 Å². The Bertz CT molecular complexity index is 283. The average Bonchev–Trinajstić information content (AvgIpc) is 2.33. The van der Waals surface area contributed by atoms with Crippen molar-refractivity contribution >= 4 is 10.9 Å². The Balaban J connectivity index is 0.000000500. The van der Waals surface area contributed by atoms with Gasteiger partial charge in [-0.3, -0.25) is 0 Å². The maximum atomic E-state index is 3.10. The van der Waals surface area contributed by atoms with E-state index in [1.807, 2.05) is 30.5 Å². The van der Waals surface area contributed by atoms with Crippen molar-refractivity contribution in [3.63, 3.8) is 0 Å². The van der Waals surface area contributed by atoms with E-state index in [1.54, 1.807) is 0 Å².